The molecule has 16 heavy (non-hydrogen) atoms. The molecule has 0 spiro atoms. The summed E-state index contributed by atoms with van der Waals surface area (Å²) >= 11 is 0. The molecular weight excluding hydrogens is 200 g/mol. The molecule has 0 aromatic heterocycles. The predicted molar refractivity (Wildman–Crippen MR) is 65.0 cm³/mol. The summed E-state index contributed by atoms with van der Waals surface area (Å²) in [5, 5.41) is 0. The van der Waals surface area contributed by atoms with Crippen molar-refractivity contribution >= 4 is 0 Å². The Balaban J connectivity index is 1.89. The molecule has 1 aromatic carbocycles. The molecule has 1 heterocycles. The fraction of sp³-hybridized carbons (Fsp3) is 0.571. The molecule has 1 saturated heterocycles. The molecule has 2 nitrogen and oxygen atoms in total. The van der Waals surface area contributed by atoms with E-state index in [1.54, 1.807) is 0 Å². The highest BCUT2D eigenvalue weighted by Gasteiger charge is 2.22. The van der Waals surface area contributed by atoms with Gasteiger partial charge in [-0.15, -0.1) is 0 Å². The Bertz CT molecular complexity index is 340. The average molecular weight is 220 g/mol. The standard InChI is InChI=1S/C14H20O2/c1-10-6-11(2)8-14(7-10)15-9-13-5-4-12(3)16-13/h6-8,12-13H,4-5,9H2,1-3H3. The van der Waals surface area contributed by atoms with Crippen molar-refractivity contribution in [2.45, 2.75) is 45.8 Å². The van der Waals surface area contributed by atoms with Gasteiger partial charge in [0.05, 0.1) is 12.2 Å². The van der Waals surface area contributed by atoms with Crippen molar-refractivity contribution in [2.24, 2.45) is 0 Å². The van der Waals surface area contributed by atoms with Crippen molar-refractivity contribution in [2.75, 3.05) is 6.61 Å². The van der Waals surface area contributed by atoms with Crippen LogP contribution >= 0.6 is 0 Å². The molecule has 1 aliphatic rings. The van der Waals surface area contributed by atoms with Gasteiger partial charge >= 0.3 is 0 Å². The Morgan fingerprint density at radius 3 is 2.44 bits per heavy atom. The van der Waals surface area contributed by atoms with Crippen molar-refractivity contribution in [1.29, 1.82) is 0 Å². The second-order valence-electron chi connectivity index (χ2n) is 4.78. The fourth-order valence-electron chi connectivity index (χ4n) is 2.21. The molecule has 88 valence electrons. The summed E-state index contributed by atoms with van der Waals surface area (Å²) in [5.41, 5.74) is 2.49. The molecule has 0 saturated carbocycles. The summed E-state index contributed by atoms with van der Waals surface area (Å²) in [6.07, 6.45) is 2.94. The summed E-state index contributed by atoms with van der Waals surface area (Å²) in [4.78, 5) is 0. The highest BCUT2D eigenvalue weighted by atomic mass is 16.5. The molecule has 2 rings (SSSR count). The predicted octanol–water partition coefficient (Wildman–Crippen LogP) is 3.25. The topological polar surface area (TPSA) is 18.5 Å². The van der Waals surface area contributed by atoms with Crippen molar-refractivity contribution in [3.05, 3.63) is 29.3 Å². The van der Waals surface area contributed by atoms with E-state index in [0.29, 0.717) is 12.7 Å². The molecule has 2 heteroatoms. The van der Waals surface area contributed by atoms with Crippen LogP contribution in [0.25, 0.3) is 0 Å². The molecule has 0 N–H and O–H groups in total. The average Bonchev–Trinajstić information content (AvgIpc) is 2.60. The van der Waals surface area contributed by atoms with Gasteiger partial charge < -0.3 is 9.47 Å². The molecule has 0 amide bonds. The Morgan fingerprint density at radius 1 is 1.19 bits per heavy atom. The lowest BCUT2D eigenvalue weighted by Crippen LogP contribution is -2.17. The first-order chi connectivity index (χ1) is 7.63. The molecule has 1 aromatic rings. The highest BCUT2D eigenvalue weighted by molar-refractivity contribution is 5.32. The van der Waals surface area contributed by atoms with Crippen LogP contribution in [0.15, 0.2) is 18.2 Å². The van der Waals surface area contributed by atoms with Crippen molar-refractivity contribution in [1.82, 2.24) is 0 Å². The van der Waals surface area contributed by atoms with Gasteiger partial charge in [-0.05, 0) is 56.9 Å². The lowest BCUT2D eigenvalue weighted by Gasteiger charge is -2.13. The summed E-state index contributed by atoms with van der Waals surface area (Å²) in [7, 11) is 0. The maximum Gasteiger partial charge on any atom is 0.119 e. The monoisotopic (exact) mass is 220 g/mol. The number of aryl methyl sites for hydroxylation is 2. The van der Waals surface area contributed by atoms with Crippen LogP contribution in [0.2, 0.25) is 0 Å². The van der Waals surface area contributed by atoms with Crippen molar-refractivity contribution in [3.8, 4) is 5.75 Å². The number of hydrogen-bond donors (Lipinski definition) is 0. The van der Waals surface area contributed by atoms with Crippen LogP contribution in [0.3, 0.4) is 0 Å². The second kappa shape index (κ2) is 4.88. The van der Waals surface area contributed by atoms with Crippen LogP contribution < -0.4 is 4.74 Å². The van der Waals surface area contributed by atoms with Gasteiger partial charge in [0.25, 0.3) is 0 Å². The van der Waals surface area contributed by atoms with Crippen molar-refractivity contribution in [3.63, 3.8) is 0 Å². The fourth-order valence-corrected chi connectivity index (χ4v) is 2.21. The molecule has 2 unspecified atom stereocenters. The maximum atomic E-state index is 5.77. The first kappa shape index (κ1) is 11.5. The Hall–Kier alpha value is -1.02. The Morgan fingerprint density at radius 2 is 1.88 bits per heavy atom. The zero-order chi connectivity index (χ0) is 11.5. The molecule has 0 aliphatic carbocycles. The van der Waals surface area contributed by atoms with E-state index in [1.807, 2.05) is 0 Å². The lowest BCUT2D eigenvalue weighted by atomic mass is 10.1. The van der Waals surface area contributed by atoms with E-state index in [2.05, 4.69) is 39.0 Å². The Kier molecular flexibility index (Phi) is 3.49. The largest absolute Gasteiger partial charge is 0.491 e. The van der Waals surface area contributed by atoms with Crippen LogP contribution in [-0.4, -0.2) is 18.8 Å². The SMILES string of the molecule is Cc1cc(C)cc(OCC2CCC(C)O2)c1. The summed E-state index contributed by atoms with van der Waals surface area (Å²) < 4.78 is 11.5. The third kappa shape index (κ3) is 2.99. The zero-order valence-electron chi connectivity index (χ0n) is 10.3. The van der Waals surface area contributed by atoms with Crippen molar-refractivity contribution < 1.29 is 9.47 Å². The third-order valence-electron chi connectivity index (χ3n) is 2.95. The third-order valence-corrected chi connectivity index (χ3v) is 2.95. The Labute approximate surface area is 97.6 Å². The molecule has 2 atom stereocenters. The number of hydrogen-bond acceptors (Lipinski definition) is 2. The minimum atomic E-state index is 0.274. The smallest absolute Gasteiger partial charge is 0.119 e. The van der Waals surface area contributed by atoms with Crippen LogP contribution in [0.5, 0.6) is 5.75 Å². The van der Waals surface area contributed by atoms with E-state index in [1.165, 1.54) is 11.1 Å². The molecule has 0 bridgehead atoms. The quantitative estimate of drug-likeness (QED) is 0.778. The van der Waals surface area contributed by atoms with E-state index in [0.717, 1.165) is 18.6 Å². The first-order valence-electron chi connectivity index (χ1n) is 6.00. The summed E-state index contributed by atoms with van der Waals surface area (Å²) in [5.74, 6) is 0.959. The van der Waals surface area contributed by atoms with Gasteiger partial charge in [-0.3, -0.25) is 0 Å². The van der Waals surface area contributed by atoms with Gasteiger partial charge in [-0.2, -0.15) is 0 Å². The highest BCUT2D eigenvalue weighted by Crippen LogP contribution is 2.21. The minimum absolute atomic E-state index is 0.274. The van der Waals surface area contributed by atoms with Gasteiger partial charge in [0, 0.05) is 0 Å². The summed E-state index contributed by atoms with van der Waals surface area (Å²) in [6.45, 7) is 6.98. The zero-order valence-corrected chi connectivity index (χ0v) is 10.3. The normalized spacial score (nSPS) is 24.7. The number of benzene rings is 1. The minimum Gasteiger partial charge on any atom is -0.491 e. The van der Waals surface area contributed by atoms with Gasteiger partial charge in [0.2, 0.25) is 0 Å². The van der Waals surface area contributed by atoms with Gasteiger partial charge in [-0.25, -0.2) is 0 Å². The van der Waals surface area contributed by atoms with Gasteiger partial charge in [-0.1, -0.05) is 6.07 Å². The van der Waals surface area contributed by atoms with E-state index < -0.39 is 0 Å². The van der Waals surface area contributed by atoms with Crippen LogP contribution in [0.1, 0.15) is 30.9 Å². The van der Waals surface area contributed by atoms with Crippen LogP contribution in [0, 0.1) is 13.8 Å². The maximum absolute atomic E-state index is 5.77. The van der Waals surface area contributed by atoms with E-state index in [-0.39, 0.29) is 6.10 Å². The second-order valence-corrected chi connectivity index (χ2v) is 4.78. The first-order valence-corrected chi connectivity index (χ1v) is 6.00. The van der Waals surface area contributed by atoms with E-state index in [4.69, 9.17) is 9.47 Å². The lowest BCUT2D eigenvalue weighted by molar-refractivity contribution is 0.0264. The van der Waals surface area contributed by atoms with Crippen LogP contribution in [-0.2, 0) is 4.74 Å². The molecular formula is C14H20O2. The van der Waals surface area contributed by atoms with E-state index in [9.17, 15) is 0 Å². The summed E-state index contributed by atoms with van der Waals surface area (Å²) in [6, 6.07) is 6.30. The number of ether oxygens (including phenoxy) is 2. The number of rotatable bonds is 3. The van der Waals surface area contributed by atoms with E-state index >= 15 is 0 Å². The van der Waals surface area contributed by atoms with Crippen LogP contribution in [0.4, 0.5) is 0 Å². The molecule has 1 fully saturated rings. The van der Waals surface area contributed by atoms with Gasteiger partial charge in [0.15, 0.2) is 0 Å². The molecule has 1 aliphatic heterocycles. The van der Waals surface area contributed by atoms with Gasteiger partial charge in [0.1, 0.15) is 12.4 Å². The molecule has 0 radical (unpaired) electrons.